The van der Waals surface area contributed by atoms with Gasteiger partial charge in [0.05, 0.1) is 31.5 Å². The Kier molecular flexibility index (Phi) is 32.9. The number of aromatic nitrogens is 4. The second kappa shape index (κ2) is 38.0. The number of methoxy groups -OCH3 is 1. The molecular formula is C55H95N7O8. The van der Waals surface area contributed by atoms with Crippen LogP contribution in [-0.2, 0) is 16.1 Å². The first kappa shape index (κ1) is 60.6. The Labute approximate surface area is 420 Å². The number of anilines is 1. The molecule has 0 bridgehead atoms. The fourth-order valence-electron chi connectivity index (χ4n) is 9.12. The van der Waals surface area contributed by atoms with E-state index in [0.29, 0.717) is 38.2 Å². The maximum atomic E-state index is 13.4. The first-order valence-electron chi connectivity index (χ1n) is 27.6. The van der Waals surface area contributed by atoms with Gasteiger partial charge >= 0.3 is 11.7 Å². The Hall–Kier alpha value is -3.73. The van der Waals surface area contributed by atoms with Crippen molar-refractivity contribution in [1.29, 1.82) is 0 Å². The number of nitrogens with zero attached hydrogens (tertiary/aromatic N) is 5. The smallest absolute Gasteiger partial charge is 0.328 e. The number of fused-ring (bicyclic) bond motifs is 1. The van der Waals surface area contributed by atoms with Crippen molar-refractivity contribution in [2.75, 3.05) is 64.9 Å². The summed E-state index contributed by atoms with van der Waals surface area (Å²) in [4.78, 5) is 54.3. The minimum atomic E-state index is -0.426. The van der Waals surface area contributed by atoms with Gasteiger partial charge in [-0.15, -0.1) is 0 Å². The number of nitrogens with one attached hydrogen (secondary N) is 2. The number of unbranched alkanes of at least 4 members (excludes halogenated alkanes) is 17. The molecule has 3 aromatic rings. The van der Waals surface area contributed by atoms with Crippen LogP contribution in [0.2, 0.25) is 0 Å². The summed E-state index contributed by atoms with van der Waals surface area (Å²) >= 11 is 0. The molecule has 0 fully saturated rings. The van der Waals surface area contributed by atoms with Gasteiger partial charge in [0.15, 0.2) is 11.5 Å². The number of hydrogen-bond donors (Lipinski definition) is 5. The Balaban J connectivity index is 1.62. The van der Waals surface area contributed by atoms with Crippen LogP contribution in [0.1, 0.15) is 204 Å². The van der Waals surface area contributed by atoms with Crippen molar-refractivity contribution in [3.8, 4) is 6.01 Å². The molecule has 0 radical (unpaired) electrons. The van der Waals surface area contributed by atoms with Crippen LogP contribution in [-0.4, -0.2) is 135 Å². The van der Waals surface area contributed by atoms with E-state index in [1.54, 1.807) is 31.4 Å². The molecule has 398 valence electrons. The van der Waals surface area contributed by atoms with Crippen molar-refractivity contribution in [2.45, 2.75) is 213 Å². The lowest BCUT2D eigenvalue weighted by Gasteiger charge is -2.30. The molecular weight excluding hydrogens is 887 g/mol. The van der Waals surface area contributed by atoms with Crippen LogP contribution in [0.4, 0.5) is 5.82 Å². The summed E-state index contributed by atoms with van der Waals surface area (Å²) in [7, 11) is 1.56. The summed E-state index contributed by atoms with van der Waals surface area (Å²) in [5.41, 5.74) is 1.45. The molecule has 0 aliphatic carbocycles. The number of aromatic amines is 1. The standard InChI is InChI=1S/C55H95N7O8/c1-5-8-11-14-17-21-27-47(64)41-60(36-26-37-61(42-48(65)28-22-18-15-12-9-6-2)43-49(66)29-23-19-16-13-10-7-3)35-25-20-24-30-50(67)56-52-51-53(59-54(58-52)70-39-38-69-4)62(55(68)57-51)40-45-31-33-46(44-63)34-32-45/h31-34,44,47-49,64-66H,5-30,35-43H2,1-4H3,(H,57,68)(H,56,58,59,67). The highest BCUT2D eigenvalue weighted by molar-refractivity contribution is 5.97. The van der Waals surface area contributed by atoms with E-state index in [9.17, 15) is 29.7 Å². The normalized spacial score (nSPS) is 13.1. The van der Waals surface area contributed by atoms with Gasteiger partial charge in [0, 0.05) is 38.7 Å². The molecule has 3 unspecified atom stereocenters. The van der Waals surface area contributed by atoms with Gasteiger partial charge in [0.25, 0.3) is 0 Å². The van der Waals surface area contributed by atoms with Crippen LogP contribution in [0.5, 0.6) is 6.01 Å². The van der Waals surface area contributed by atoms with Crippen LogP contribution in [0.15, 0.2) is 29.1 Å². The number of hydrogen-bond acceptors (Lipinski definition) is 12. The first-order chi connectivity index (χ1) is 34.1. The highest BCUT2D eigenvalue weighted by Gasteiger charge is 2.20. The Morgan fingerprint density at radius 3 is 1.71 bits per heavy atom. The number of carbonyl (C=O) groups excluding carboxylic acids is 2. The zero-order valence-corrected chi connectivity index (χ0v) is 44.0. The van der Waals surface area contributed by atoms with E-state index >= 15 is 0 Å². The molecule has 0 saturated heterocycles. The highest BCUT2D eigenvalue weighted by atomic mass is 16.5. The maximum absolute atomic E-state index is 13.4. The molecule has 1 aromatic carbocycles. The molecule has 2 heterocycles. The van der Waals surface area contributed by atoms with Gasteiger partial charge < -0.3 is 40.0 Å². The van der Waals surface area contributed by atoms with Crippen molar-refractivity contribution >= 4 is 29.2 Å². The van der Waals surface area contributed by atoms with E-state index in [0.717, 1.165) is 109 Å². The molecule has 0 aliphatic rings. The number of aliphatic hydroxyl groups excluding tert-OH is 3. The summed E-state index contributed by atoms with van der Waals surface area (Å²) in [5, 5.41) is 36.4. The summed E-state index contributed by atoms with van der Waals surface area (Å²) in [6, 6.07) is 6.92. The molecule has 0 saturated carbocycles. The lowest BCUT2D eigenvalue weighted by Crippen LogP contribution is -2.40. The second-order valence-electron chi connectivity index (χ2n) is 19.7. The zero-order chi connectivity index (χ0) is 50.6. The summed E-state index contributed by atoms with van der Waals surface area (Å²) in [6.45, 7) is 11.4. The van der Waals surface area contributed by atoms with Crippen molar-refractivity contribution in [3.05, 3.63) is 45.9 Å². The third-order valence-corrected chi connectivity index (χ3v) is 13.2. The van der Waals surface area contributed by atoms with Crippen molar-refractivity contribution in [2.24, 2.45) is 0 Å². The number of rotatable bonds is 45. The van der Waals surface area contributed by atoms with Crippen LogP contribution in [0.25, 0.3) is 11.2 Å². The first-order valence-corrected chi connectivity index (χ1v) is 27.6. The summed E-state index contributed by atoms with van der Waals surface area (Å²) in [5.74, 6) is -0.0939. The molecule has 3 atom stereocenters. The highest BCUT2D eigenvalue weighted by Crippen LogP contribution is 2.22. The summed E-state index contributed by atoms with van der Waals surface area (Å²) in [6.07, 6.45) is 26.6. The molecule has 70 heavy (non-hydrogen) atoms. The Bertz CT molecular complexity index is 1830. The number of aliphatic hydroxyl groups is 3. The zero-order valence-electron chi connectivity index (χ0n) is 44.0. The molecule has 5 N–H and O–H groups in total. The largest absolute Gasteiger partial charge is 0.461 e. The lowest BCUT2D eigenvalue weighted by atomic mass is 10.1. The second-order valence-corrected chi connectivity index (χ2v) is 19.7. The molecule has 1 amide bonds. The molecule has 2 aromatic heterocycles. The van der Waals surface area contributed by atoms with Gasteiger partial charge in [0.2, 0.25) is 5.91 Å². The summed E-state index contributed by atoms with van der Waals surface area (Å²) < 4.78 is 12.3. The minimum absolute atomic E-state index is 0.000477. The average Bonchev–Trinajstić information content (AvgIpc) is 3.66. The molecule has 15 nitrogen and oxygen atoms in total. The fourth-order valence-corrected chi connectivity index (χ4v) is 9.12. The van der Waals surface area contributed by atoms with Gasteiger partial charge in [-0.25, -0.2) is 4.79 Å². The van der Waals surface area contributed by atoms with Crippen molar-refractivity contribution in [3.63, 3.8) is 0 Å². The Morgan fingerprint density at radius 1 is 0.671 bits per heavy atom. The molecule has 0 aliphatic heterocycles. The predicted octanol–water partition coefficient (Wildman–Crippen LogP) is 9.83. The topological polar surface area (TPSA) is 195 Å². The van der Waals surface area contributed by atoms with E-state index in [-0.39, 0.29) is 48.5 Å². The lowest BCUT2D eigenvalue weighted by molar-refractivity contribution is -0.116. The Morgan fingerprint density at radius 2 is 1.17 bits per heavy atom. The van der Waals surface area contributed by atoms with Crippen molar-refractivity contribution < 1.29 is 34.4 Å². The number of imidazole rings is 1. The number of H-pyrrole nitrogens is 1. The number of carbonyl (C=O) groups is 2. The number of amides is 1. The maximum Gasteiger partial charge on any atom is 0.328 e. The molecule has 0 spiro atoms. The van der Waals surface area contributed by atoms with E-state index in [1.807, 2.05) is 0 Å². The van der Waals surface area contributed by atoms with Crippen LogP contribution in [0, 0.1) is 0 Å². The van der Waals surface area contributed by atoms with Gasteiger partial charge in [-0.2, -0.15) is 9.97 Å². The molecule has 3 rings (SSSR count). The SMILES string of the molecule is CCCCCCCCC(O)CN(CCCCCC(=O)Nc1nc(OCCOC)nc2c1[nH]c(=O)n2Cc1ccc(C=O)cc1)CCCN(CC(O)CCCCCCCC)CC(O)CCCCCCCC. The quantitative estimate of drug-likeness (QED) is 0.0266. The minimum Gasteiger partial charge on any atom is -0.461 e. The molecule has 15 heteroatoms. The predicted molar refractivity (Wildman–Crippen MR) is 283 cm³/mol. The van der Waals surface area contributed by atoms with Crippen LogP contribution in [0.3, 0.4) is 0 Å². The monoisotopic (exact) mass is 982 g/mol. The van der Waals surface area contributed by atoms with Gasteiger partial charge in [-0.05, 0) is 63.7 Å². The number of benzene rings is 1. The van der Waals surface area contributed by atoms with Gasteiger partial charge in [0.1, 0.15) is 18.4 Å². The van der Waals surface area contributed by atoms with Gasteiger partial charge in [-0.3, -0.25) is 19.1 Å². The number of ether oxygens (including phenoxy) is 2. The van der Waals surface area contributed by atoms with Crippen LogP contribution >= 0.6 is 0 Å². The number of aldehydes is 1. The third kappa shape index (κ3) is 26.1. The van der Waals surface area contributed by atoms with E-state index in [1.165, 1.54) is 81.6 Å². The van der Waals surface area contributed by atoms with Gasteiger partial charge in [-0.1, -0.05) is 167 Å². The third-order valence-electron chi connectivity index (χ3n) is 13.2. The van der Waals surface area contributed by atoms with Crippen molar-refractivity contribution in [1.82, 2.24) is 29.3 Å². The van der Waals surface area contributed by atoms with E-state index < -0.39 is 24.0 Å². The average molecular weight is 982 g/mol. The van der Waals surface area contributed by atoms with Crippen LogP contribution < -0.4 is 15.7 Å². The van der Waals surface area contributed by atoms with E-state index in [4.69, 9.17) is 9.47 Å². The van der Waals surface area contributed by atoms with E-state index in [2.05, 4.69) is 50.8 Å². The fraction of sp³-hybridized carbons (Fsp3) is 0.764.